The van der Waals surface area contributed by atoms with E-state index in [4.69, 9.17) is 19.3 Å². The van der Waals surface area contributed by atoms with Gasteiger partial charge in [0.15, 0.2) is 0 Å². The molecule has 0 saturated heterocycles. The maximum Gasteiger partial charge on any atom is 0.508 e. The quantitative estimate of drug-likeness (QED) is 0.256. The molecule has 7 nitrogen and oxygen atoms in total. The van der Waals surface area contributed by atoms with E-state index in [1.54, 1.807) is 0 Å². The molecular formula is C21H32O7S2. The largest absolute Gasteiger partial charge is 0.508 e. The Morgan fingerprint density at radius 2 is 2.07 bits per heavy atom. The van der Waals surface area contributed by atoms with Crippen LogP contribution in [0.25, 0.3) is 0 Å². The molecule has 0 aromatic rings. The van der Waals surface area contributed by atoms with Crippen molar-refractivity contribution in [1.29, 1.82) is 0 Å². The third-order valence-corrected chi connectivity index (χ3v) is 7.43. The predicted molar refractivity (Wildman–Crippen MR) is 118 cm³/mol. The lowest BCUT2D eigenvalue weighted by molar-refractivity contribution is -0.142. The summed E-state index contributed by atoms with van der Waals surface area (Å²) < 4.78 is 15.9. The van der Waals surface area contributed by atoms with Crippen molar-refractivity contribution >= 4 is 33.7 Å². The molecule has 2 rings (SSSR count). The Bertz CT molecular complexity index is 596. The van der Waals surface area contributed by atoms with E-state index in [1.807, 2.05) is 6.92 Å². The van der Waals surface area contributed by atoms with Gasteiger partial charge in [-0.25, -0.2) is 9.59 Å². The highest BCUT2D eigenvalue weighted by Gasteiger charge is 2.38. The van der Waals surface area contributed by atoms with Crippen LogP contribution in [0.3, 0.4) is 0 Å². The lowest BCUT2D eigenvalue weighted by atomic mass is 9.90. The summed E-state index contributed by atoms with van der Waals surface area (Å²) in [6.07, 6.45) is 8.62. The maximum absolute atomic E-state index is 12.0. The topological polar surface area (TPSA) is 102 Å². The van der Waals surface area contributed by atoms with Gasteiger partial charge in [-0.1, -0.05) is 33.7 Å². The van der Waals surface area contributed by atoms with Gasteiger partial charge >= 0.3 is 12.1 Å². The number of aliphatic hydroxyl groups excluding tert-OH is 2. The summed E-state index contributed by atoms with van der Waals surface area (Å²) in [4.78, 5) is 23.9. The molecule has 2 N–H and O–H groups in total. The zero-order valence-corrected chi connectivity index (χ0v) is 18.9. The lowest BCUT2D eigenvalue weighted by Gasteiger charge is -2.19. The summed E-state index contributed by atoms with van der Waals surface area (Å²) >= 11 is 0. The summed E-state index contributed by atoms with van der Waals surface area (Å²) in [7, 11) is 3.05. The number of carbonyl (C=O) groups is 2. The van der Waals surface area contributed by atoms with Gasteiger partial charge in [-0.05, 0) is 56.9 Å². The van der Waals surface area contributed by atoms with Crippen LogP contribution in [0.15, 0.2) is 24.3 Å². The Hall–Kier alpha value is -1.16. The first-order chi connectivity index (χ1) is 14.5. The van der Waals surface area contributed by atoms with Crippen LogP contribution in [0.5, 0.6) is 0 Å². The van der Waals surface area contributed by atoms with Crippen LogP contribution < -0.4 is 0 Å². The van der Waals surface area contributed by atoms with Crippen molar-refractivity contribution in [3.63, 3.8) is 0 Å². The van der Waals surface area contributed by atoms with Crippen LogP contribution in [0.2, 0.25) is 0 Å². The smallest absolute Gasteiger partial charge is 0.460 e. The Kier molecular flexibility index (Phi) is 11.7. The summed E-state index contributed by atoms with van der Waals surface area (Å²) in [6, 6.07) is 0. The molecule has 30 heavy (non-hydrogen) atoms. The normalized spacial score (nSPS) is 30.9. The van der Waals surface area contributed by atoms with Crippen molar-refractivity contribution in [1.82, 2.24) is 0 Å². The number of cyclic esters (lactones) is 1. The Morgan fingerprint density at radius 3 is 2.87 bits per heavy atom. The molecule has 0 bridgehead atoms. The second-order valence-electron chi connectivity index (χ2n) is 7.46. The predicted octanol–water partition coefficient (Wildman–Crippen LogP) is 3.50. The summed E-state index contributed by atoms with van der Waals surface area (Å²) in [5.41, 5.74) is 0. The second-order valence-corrected chi connectivity index (χ2v) is 10.2. The fraction of sp³-hybridized carbons (Fsp3) is 0.714. The molecule has 5 atom stereocenters. The number of aliphatic hydroxyl groups is 2. The van der Waals surface area contributed by atoms with Crippen molar-refractivity contribution in [3.8, 4) is 0 Å². The minimum Gasteiger partial charge on any atom is -0.460 e. The number of esters is 1. The molecule has 2 aliphatic rings. The highest BCUT2D eigenvalue weighted by Crippen LogP contribution is 2.38. The van der Waals surface area contributed by atoms with E-state index < -0.39 is 18.2 Å². The molecule has 0 aromatic carbocycles. The average molecular weight is 461 g/mol. The van der Waals surface area contributed by atoms with Crippen molar-refractivity contribution in [3.05, 3.63) is 24.3 Å². The van der Waals surface area contributed by atoms with Gasteiger partial charge in [-0.15, -0.1) is 0 Å². The van der Waals surface area contributed by atoms with Crippen molar-refractivity contribution in [2.24, 2.45) is 11.8 Å². The monoisotopic (exact) mass is 460 g/mol. The van der Waals surface area contributed by atoms with Gasteiger partial charge in [-0.3, -0.25) is 0 Å². The van der Waals surface area contributed by atoms with E-state index in [9.17, 15) is 14.7 Å². The SMILES string of the molecule is C[C@H]1CCC/C=C/[C@@H]2C[C@H](OC(=O)OCCSSCCO)C[C@H]2[C@H](O)C=CC(=O)O1. The van der Waals surface area contributed by atoms with Gasteiger partial charge in [0.05, 0.1) is 18.8 Å². The number of allylic oxidation sites excluding steroid dienone is 2. The summed E-state index contributed by atoms with van der Waals surface area (Å²) in [5, 5.41) is 19.3. The second kappa shape index (κ2) is 14.0. The number of hydrogen-bond acceptors (Lipinski definition) is 9. The molecule has 1 fully saturated rings. The summed E-state index contributed by atoms with van der Waals surface area (Å²) in [6.45, 7) is 2.24. The van der Waals surface area contributed by atoms with Gasteiger partial charge in [0.25, 0.3) is 0 Å². The molecule has 0 aromatic heterocycles. The van der Waals surface area contributed by atoms with Crippen LogP contribution >= 0.6 is 21.6 Å². The summed E-state index contributed by atoms with van der Waals surface area (Å²) in [5.74, 6) is 0.723. The zero-order chi connectivity index (χ0) is 21.8. The Labute approximate surface area is 186 Å². The molecule has 1 aliphatic carbocycles. The number of rotatable bonds is 7. The fourth-order valence-electron chi connectivity index (χ4n) is 3.66. The van der Waals surface area contributed by atoms with Crippen molar-refractivity contribution in [2.75, 3.05) is 24.7 Å². The van der Waals surface area contributed by atoms with E-state index in [2.05, 4.69) is 12.2 Å². The highest BCUT2D eigenvalue weighted by molar-refractivity contribution is 8.76. The molecule has 0 radical (unpaired) electrons. The Morgan fingerprint density at radius 1 is 1.27 bits per heavy atom. The zero-order valence-electron chi connectivity index (χ0n) is 17.3. The molecule has 0 amide bonds. The van der Waals surface area contributed by atoms with E-state index in [-0.39, 0.29) is 37.3 Å². The number of hydrogen-bond donors (Lipinski definition) is 2. The van der Waals surface area contributed by atoms with Crippen molar-refractivity contribution < 1.29 is 34.0 Å². The first kappa shape index (κ1) is 25.1. The fourth-order valence-corrected chi connectivity index (χ4v) is 5.25. The standard InChI is InChI=1S/C21H32O7S2/c1-15-5-3-2-4-6-16-13-17(14-18(16)19(23)7-8-20(24)27-15)28-21(25)26-10-12-30-29-11-9-22/h4,6-8,15-19,22-23H,2-3,5,9-14H2,1H3/b6-4+,8-7?/t15-,16+,17-,18+,19+/m0/s1. The maximum atomic E-state index is 12.0. The van der Waals surface area contributed by atoms with Gasteiger partial charge < -0.3 is 24.4 Å². The molecule has 0 unspecified atom stereocenters. The van der Waals surface area contributed by atoms with Crippen LogP contribution in [-0.4, -0.2) is 65.4 Å². The van der Waals surface area contributed by atoms with E-state index in [0.29, 0.717) is 24.3 Å². The first-order valence-electron chi connectivity index (χ1n) is 10.4. The average Bonchev–Trinajstić information content (AvgIpc) is 3.10. The molecule has 170 valence electrons. The van der Waals surface area contributed by atoms with Crippen molar-refractivity contribution in [2.45, 2.75) is 57.3 Å². The molecule has 1 saturated carbocycles. The van der Waals surface area contributed by atoms with E-state index >= 15 is 0 Å². The minimum absolute atomic E-state index is 0.0575. The first-order valence-corrected chi connectivity index (χ1v) is 12.9. The van der Waals surface area contributed by atoms with Gasteiger partial charge in [0, 0.05) is 17.6 Å². The molecule has 1 aliphatic heterocycles. The Balaban J connectivity index is 1.86. The third-order valence-electron chi connectivity index (χ3n) is 5.08. The van der Waals surface area contributed by atoms with Crippen LogP contribution in [0.4, 0.5) is 4.79 Å². The number of fused-ring (bicyclic) bond motifs is 1. The number of ether oxygens (including phenoxy) is 3. The molecule has 1 heterocycles. The van der Waals surface area contributed by atoms with E-state index in [1.165, 1.54) is 33.7 Å². The van der Waals surface area contributed by atoms with Crippen LogP contribution in [0.1, 0.15) is 39.0 Å². The molecule has 0 spiro atoms. The van der Waals surface area contributed by atoms with Crippen LogP contribution in [0, 0.1) is 11.8 Å². The highest BCUT2D eigenvalue weighted by atomic mass is 33.1. The van der Waals surface area contributed by atoms with Gasteiger partial charge in [0.1, 0.15) is 12.7 Å². The van der Waals surface area contributed by atoms with Gasteiger partial charge in [0.2, 0.25) is 0 Å². The lowest BCUT2D eigenvalue weighted by Crippen LogP contribution is -2.22. The van der Waals surface area contributed by atoms with Crippen LogP contribution in [-0.2, 0) is 19.0 Å². The van der Waals surface area contributed by atoms with Gasteiger partial charge in [-0.2, -0.15) is 0 Å². The minimum atomic E-state index is -0.826. The molecular weight excluding hydrogens is 428 g/mol. The number of carbonyl (C=O) groups excluding carboxylic acids is 2. The molecule has 9 heteroatoms. The third kappa shape index (κ3) is 9.32. The van der Waals surface area contributed by atoms with E-state index in [0.717, 1.165) is 19.3 Å².